The van der Waals surface area contributed by atoms with Gasteiger partial charge in [0, 0.05) is 12.3 Å². The van der Waals surface area contributed by atoms with E-state index in [0.717, 1.165) is 0 Å². The predicted molar refractivity (Wildman–Crippen MR) is 57.5 cm³/mol. The maximum absolute atomic E-state index is 11.1. The fraction of sp³-hybridized carbons (Fsp3) is 0.333. The highest BCUT2D eigenvalue weighted by atomic mass is 32.1. The Labute approximate surface area is 95.3 Å². The Morgan fingerprint density at radius 2 is 2.06 bits per heavy atom. The Balaban J connectivity index is 2.19. The average Bonchev–Trinajstić information content (AvgIpc) is 2.64. The molecule has 2 rings (SSSR count). The van der Waals surface area contributed by atoms with Gasteiger partial charge in [0.05, 0.1) is 0 Å². The number of hydrogen-bond donors (Lipinski definition) is 1. The van der Waals surface area contributed by atoms with Crippen LogP contribution in [0.5, 0.6) is 0 Å². The molecule has 1 aliphatic heterocycles. The Kier molecular flexibility index (Phi) is 2.69. The van der Waals surface area contributed by atoms with E-state index in [0.29, 0.717) is 10.8 Å². The Morgan fingerprint density at radius 1 is 1.44 bits per heavy atom. The van der Waals surface area contributed by atoms with E-state index in [1.54, 1.807) is 10.3 Å². The van der Waals surface area contributed by atoms with Crippen LogP contribution in [0.25, 0.3) is 0 Å². The number of rotatable bonds is 2. The van der Waals surface area contributed by atoms with Crippen molar-refractivity contribution in [3.63, 3.8) is 0 Å². The van der Waals surface area contributed by atoms with Crippen LogP contribution >= 0.6 is 11.3 Å². The van der Waals surface area contributed by atoms with Crippen LogP contribution in [-0.2, 0) is 9.59 Å². The second kappa shape index (κ2) is 4.01. The van der Waals surface area contributed by atoms with Crippen LogP contribution < -0.4 is 10.2 Å². The molecule has 0 unspecified atom stereocenters. The lowest BCUT2D eigenvalue weighted by Gasteiger charge is -2.24. The zero-order valence-electron chi connectivity index (χ0n) is 8.52. The maximum atomic E-state index is 11.1. The van der Waals surface area contributed by atoms with E-state index in [1.165, 1.54) is 18.3 Å². The predicted octanol–water partition coefficient (Wildman–Crippen LogP) is -0.192. The molecule has 1 fully saturated rings. The van der Waals surface area contributed by atoms with Crippen molar-refractivity contribution < 1.29 is 14.4 Å². The first kappa shape index (κ1) is 10.7. The molecule has 0 bridgehead atoms. The minimum Gasteiger partial charge on any atom is -0.329 e. The number of nitrogens with zero attached hydrogens (tertiary/aromatic N) is 2. The number of nitrogens with one attached hydrogen (secondary N) is 1. The molecule has 0 saturated carbocycles. The molecule has 84 valence electrons. The summed E-state index contributed by atoms with van der Waals surface area (Å²) in [5, 5.41) is 4.34. The fourth-order valence-electron chi connectivity index (χ4n) is 1.34. The first-order chi connectivity index (χ1) is 7.56. The average molecular weight is 239 g/mol. The molecule has 1 aliphatic rings. The van der Waals surface area contributed by atoms with E-state index in [9.17, 15) is 14.4 Å². The molecule has 0 aromatic carbocycles. The minimum atomic E-state index is -0.351. The molecule has 2 amide bonds. The van der Waals surface area contributed by atoms with Crippen LogP contribution in [0.4, 0.5) is 5.13 Å². The van der Waals surface area contributed by atoms with Crippen LogP contribution in [0.15, 0.2) is 5.38 Å². The van der Waals surface area contributed by atoms with E-state index >= 15 is 0 Å². The molecular weight excluding hydrogens is 230 g/mol. The number of carbonyl (C=O) groups is 3. The van der Waals surface area contributed by atoms with Crippen molar-refractivity contribution in [3.8, 4) is 0 Å². The molecule has 0 spiro atoms. The third-order valence-electron chi connectivity index (χ3n) is 2.07. The van der Waals surface area contributed by atoms with Gasteiger partial charge in [-0.25, -0.2) is 4.98 Å². The molecule has 0 aliphatic carbocycles. The monoisotopic (exact) mass is 239 g/mol. The highest BCUT2D eigenvalue weighted by molar-refractivity contribution is 7.14. The summed E-state index contributed by atoms with van der Waals surface area (Å²) >= 11 is 1.25. The first-order valence-corrected chi connectivity index (χ1v) is 5.48. The van der Waals surface area contributed by atoms with E-state index in [1.807, 2.05) is 0 Å². The van der Waals surface area contributed by atoms with Crippen LogP contribution in [0.1, 0.15) is 17.4 Å². The van der Waals surface area contributed by atoms with Crippen LogP contribution in [-0.4, -0.2) is 35.7 Å². The number of anilines is 1. The maximum Gasteiger partial charge on any atom is 0.246 e. The minimum absolute atomic E-state index is 0.0938. The summed E-state index contributed by atoms with van der Waals surface area (Å²) < 4.78 is 0. The van der Waals surface area contributed by atoms with Crippen LogP contribution in [0.2, 0.25) is 0 Å². The quantitative estimate of drug-likeness (QED) is 0.571. The van der Waals surface area contributed by atoms with Gasteiger partial charge in [-0.05, 0) is 0 Å². The van der Waals surface area contributed by atoms with E-state index in [4.69, 9.17) is 0 Å². The zero-order valence-corrected chi connectivity index (χ0v) is 9.34. The smallest absolute Gasteiger partial charge is 0.246 e. The van der Waals surface area contributed by atoms with Crippen molar-refractivity contribution in [2.24, 2.45) is 0 Å². The molecule has 0 atom stereocenters. The lowest BCUT2D eigenvalue weighted by atomic mass is 10.3. The molecular formula is C9H9N3O3S. The highest BCUT2D eigenvalue weighted by Crippen LogP contribution is 2.21. The number of hydrogen-bond acceptors (Lipinski definition) is 6. The van der Waals surface area contributed by atoms with Gasteiger partial charge in [-0.15, -0.1) is 11.3 Å². The van der Waals surface area contributed by atoms with Crippen LogP contribution in [0.3, 0.4) is 0 Å². The number of ketones is 1. The molecule has 1 N–H and O–H groups in total. The lowest BCUT2D eigenvalue weighted by Crippen LogP contribution is -2.51. The summed E-state index contributed by atoms with van der Waals surface area (Å²) in [5.74, 6) is -0.832. The molecule has 1 saturated heterocycles. The standard InChI is InChI=1S/C9H9N3O3S/c1-5(13)6-4-16-9(10-6)12-2-7(14)11-8(15)3-12/h4H,2-3H2,1H3,(H,11,14,15). The van der Waals surface area contributed by atoms with Gasteiger partial charge in [0.2, 0.25) is 11.8 Å². The topological polar surface area (TPSA) is 79.4 Å². The third kappa shape index (κ3) is 2.08. The van der Waals surface area contributed by atoms with Gasteiger partial charge in [-0.1, -0.05) is 0 Å². The Morgan fingerprint density at radius 3 is 2.56 bits per heavy atom. The molecule has 1 aromatic heterocycles. The van der Waals surface area contributed by atoms with Crippen molar-refractivity contribution in [1.29, 1.82) is 0 Å². The van der Waals surface area contributed by atoms with Crippen LogP contribution in [0, 0.1) is 0 Å². The van der Waals surface area contributed by atoms with Gasteiger partial charge < -0.3 is 4.90 Å². The molecule has 1 aromatic rings. The number of aromatic nitrogens is 1. The van der Waals surface area contributed by atoms with Crippen molar-refractivity contribution in [1.82, 2.24) is 10.3 Å². The molecule has 16 heavy (non-hydrogen) atoms. The third-order valence-corrected chi connectivity index (χ3v) is 2.97. The summed E-state index contributed by atoms with van der Waals surface area (Å²) in [7, 11) is 0. The summed E-state index contributed by atoms with van der Waals surface area (Å²) in [4.78, 5) is 38.9. The number of thiazole rings is 1. The number of Topliss-reactive ketones (excluding diaryl/α,β-unsaturated/α-hetero) is 1. The summed E-state index contributed by atoms with van der Waals surface area (Å²) in [5.41, 5.74) is 0.360. The number of carbonyl (C=O) groups excluding carboxylic acids is 3. The molecule has 2 heterocycles. The van der Waals surface area contributed by atoms with E-state index in [2.05, 4.69) is 10.3 Å². The molecule has 7 heteroatoms. The van der Waals surface area contributed by atoms with Gasteiger partial charge >= 0.3 is 0 Å². The van der Waals surface area contributed by atoms with Gasteiger partial charge in [0.1, 0.15) is 18.8 Å². The number of piperazine rings is 1. The SMILES string of the molecule is CC(=O)c1csc(N2CC(=O)NC(=O)C2)n1. The molecule has 6 nitrogen and oxygen atoms in total. The summed E-state index contributed by atoms with van der Waals surface area (Å²) in [6.07, 6.45) is 0. The second-order valence-corrected chi connectivity index (χ2v) is 4.24. The largest absolute Gasteiger partial charge is 0.329 e. The first-order valence-electron chi connectivity index (χ1n) is 4.60. The lowest BCUT2D eigenvalue weighted by molar-refractivity contribution is -0.130. The number of amides is 2. The van der Waals surface area contributed by atoms with Crippen molar-refractivity contribution in [3.05, 3.63) is 11.1 Å². The number of imide groups is 1. The zero-order chi connectivity index (χ0) is 11.7. The van der Waals surface area contributed by atoms with Crippen molar-refractivity contribution >= 4 is 34.1 Å². The Bertz CT molecular complexity index is 452. The fourth-order valence-corrected chi connectivity index (χ4v) is 2.21. The molecule has 0 radical (unpaired) electrons. The van der Waals surface area contributed by atoms with Crippen molar-refractivity contribution in [2.75, 3.05) is 18.0 Å². The van der Waals surface area contributed by atoms with Gasteiger partial charge in [0.25, 0.3) is 0 Å². The van der Waals surface area contributed by atoms with Gasteiger partial charge in [0.15, 0.2) is 10.9 Å². The summed E-state index contributed by atoms with van der Waals surface area (Å²) in [6.45, 7) is 1.61. The van der Waals surface area contributed by atoms with Gasteiger partial charge in [-0.2, -0.15) is 0 Å². The normalized spacial score (nSPS) is 16.2. The highest BCUT2D eigenvalue weighted by Gasteiger charge is 2.24. The van der Waals surface area contributed by atoms with Gasteiger partial charge in [-0.3, -0.25) is 19.7 Å². The van der Waals surface area contributed by atoms with E-state index < -0.39 is 0 Å². The van der Waals surface area contributed by atoms with E-state index in [-0.39, 0.29) is 30.7 Å². The van der Waals surface area contributed by atoms with Crippen molar-refractivity contribution in [2.45, 2.75) is 6.92 Å². The second-order valence-electron chi connectivity index (χ2n) is 3.40. The Hall–Kier alpha value is -1.76. The summed E-state index contributed by atoms with van der Waals surface area (Å²) in [6, 6.07) is 0.